The highest BCUT2D eigenvalue weighted by Crippen LogP contribution is 2.14. The predicted octanol–water partition coefficient (Wildman–Crippen LogP) is 9.83. The summed E-state index contributed by atoms with van der Waals surface area (Å²) in [6.45, 7) is 7.03. The summed E-state index contributed by atoms with van der Waals surface area (Å²) in [5.74, 6) is 0. The molecule has 0 rings (SSSR count). The Hall–Kier alpha value is -0.120. The first kappa shape index (κ1) is 35.9. The van der Waals surface area contributed by atoms with Crippen LogP contribution in [0.5, 0.6) is 0 Å². The second-order valence-corrected chi connectivity index (χ2v) is 11.5. The number of rotatable bonds is 32. The fourth-order valence-corrected chi connectivity index (χ4v) is 5.35. The van der Waals surface area contributed by atoms with Gasteiger partial charge in [0.1, 0.15) is 0 Å². The van der Waals surface area contributed by atoms with E-state index in [1.165, 1.54) is 180 Å². The number of unbranched alkanes of at least 4 members (excludes halogenated alkanes) is 24. The molecule has 0 aliphatic carbocycles. The molecule has 36 heavy (non-hydrogen) atoms. The molecule has 0 aromatic heterocycles. The molecule has 0 aliphatic heterocycles. The van der Waals surface area contributed by atoms with Crippen LogP contribution in [0.3, 0.4) is 0 Å². The van der Waals surface area contributed by atoms with Crippen molar-refractivity contribution >= 4 is 0 Å². The largest absolute Gasteiger partial charge is 0.396 e. The summed E-state index contributed by atoms with van der Waals surface area (Å²) < 4.78 is 0. The second-order valence-electron chi connectivity index (χ2n) is 11.5. The van der Waals surface area contributed by atoms with Crippen molar-refractivity contribution in [2.24, 2.45) is 0 Å². The molecule has 218 valence electrons. The van der Waals surface area contributed by atoms with Gasteiger partial charge in [-0.3, -0.25) is 0 Å². The third-order valence-electron chi connectivity index (χ3n) is 7.84. The van der Waals surface area contributed by atoms with E-state index in [4.69, 9.17) is 10.2 Å². The minimum absolute atomic E-state index is 0.366. The van der Waals surface area contributed by atoms with Crippen molar-refractivity contribution in [1.29, 1.82) is 0 Å². The van der Waals surface area contributed by atoms with E-state index < -0.39 is 0 Å². The van der Waals surface area contributed by atoms with Gasteiger partial charge in [-0.05, 0) is 51.7 Å². The molecule has 0 spiro atoms. The minimum Gasteiger partial charge on any atom is -0.396 e. The Morgan fingerprint density at radius 2 is 0.528 bits per heavy atom. The fraction of sp³-hybridized carbons (Fsp3) is 1.00. The highest BCUT2D eigenvalue weighted by molar-refractivity contribution is 4.61. The van der Waals surface area contributed by atoms with Gasteiger partial charge in [-0.15, -0.1) is 0 Å². The van der Waals surface area contributed by atoms with Crippen LogP contribution < -0.4 is 0 Å². The zero-order valence-electron chi connectivity index (χ0n) is 25.0. The Labute approximate surface area is 228 Å². The molecule has 0 unspecified atom stereocenters. The van der Waals surface area contributed by atoms with Gasteiger partial charge >= 0.3 is 0 Å². The molecule has 0 aromatic carbocycles. The molecule has 0 amide bonds. The number of aliphatic hydroxyl groups is 2. The highest BCUT2D eigenvalue weighted by atomic mass is 16.3. The maximum atomic E-state index is 8.83. The van der Waals surface area contributed by atoms with Crippen LogP contribution in [0, 0.1) is 0 Å². The Bertz CT molecular complexity index is 349. The smallest absolute Gasteiger partial charge is 0.0431 e. The summed E-state index contributed by atoms with van der Waals surface area (Å²) in [6.07, 6.45) is 36.5. The molecule has 0 heterocycles. The lowest BCUT2D eigenvalue weighted by Crippen LogP contribution is -2.27. The minimum atomic E-state index is 0.366. The predicted molar refractivity (Wildman–Crippen MR) is 161 cm³/mol. The van der Waals surface area contributed by atoms with E-state index in [1.54, 1.807) is 0 Å². The van der Waals surface area contributed by atoms with Crippen LogP contribution >= 0.6 is 0 Å². The first-order valence-electron chi connectivity index (χ1n) is 16.8. The Morgan fingerprint density at radius 3 is 0.778 bits per heavy atom. The van der Waals surface area contributed by atoms with Gasteiger partial charge in [-0.2, -0.15) is 0 Å². The zero-order valence-corrected chi connectivity index (χ0v) is 25.0. The Kier molecular flexibility index (Phi) is 32.8. The van der Waals surface area contributed by atoms with E-state index in [-0.39, 0.29) is 0 Å². The SMILES string of the molecule is CCCCCCCN(CCCCCCCCCCCCCO)CCCCCCCCCCCCCO. The molecule has 0 saturated heterocycles. The van der Waals surface area contributed by atoms with Gasteiger partial charge in [-0.1, -0.05) is 148 Å². The Balaban J connectivity index is 3.72. The van der Waals surface area contributed by atoms with Crippen molar-refractivity contribution in [2.75, 3.05) is 32.8 Å². The summed E-state index contributed by atoms with van der Waals surface area (Å²) in [7, 11) is 0. The number of hydrogen-bond donors (Lipinski definition) is 2. The normalized spacial score (nSPS) is 11.7. The second kappa shape index (κ2) is 32.9. The standard InChI is InChI=1S/C33H69NO2/c1-2-3-4-19-24-29-34(30-25-20-15-11-7-5-9-13-17-22-27-32-35)31-26-21-16-12-8-6-10-14-18-23-28-33-36/h35-36H,2-33H2,1H3. The molecule has 0 atom stereocenters. The van der Waals surface area contributed by atoms with Gasteiger partial charge in [0.05, 0.1) is 0 Å². The maximum Gasteiger partial charge on any atom is 0.0431 e. The van der Waals surface area contributed by atoms with Crippen LogP contribution in [-0.2, 0) is 0 Å². The van der Waals surface area contributed by atoms with Gasteiger partial charge in [0.2, 0.25) is 0 Å². The third-order valence-corrected chi connectivity index (χ3v) is 7.84. The van der Waals surface area contributed by atoms with E-state index in [0.717, 1.165) is 12.8 Å². The first-order chi connectivity index (χ1) is 17.8. The van der Waals surface area contributed by atoms with E-state index in [2.05, 4.69) is 11.8 Å². The molecule has 0 radical (unpaired) electrons. The van der Waals surface area contributed by atoms with Crippen molar-refractivity contribution in [1.82, 2.24) is 4.90 Å². The van der Waals surface area contributed by atoms with E-state index in [9.17, 15) is 0 Å². The summed E-state index contributed by atoms with van der Waals surface area (Å²) in [5, 5.41) is 17.7. The lowest BCUT2D eigenvalue weighted by molar-refractivity contribution is 0.254. The van der Waals surface area contributed by atoms with E-state index in [1.807, 2.05) is 0 Å². The highest BCUT2D eigenvalue weighted by Gasteiger charge is 2.05. The number of nitrogens with zero attached hydrogens (tertiary/aromatic N) is 1. The molecule has 0 saturated carbocycles. The molecule has 3 nitrogen and oxygen atoms in total. The number of aliphatic hydroxyl groups excluding tert-OH is 2. The van der Waals surface area contributed by atoms with Gasteiger partial charge in [0, 0.05) is 13.2 Å². The van der Waals surface area contributed by atoms with Gasteiger partial charge in [-0.25, -0.2) is 0 Å². The van der Waals surface area contributed by atoms with Crippen LogP contribution in [0.25, 0.3) is 0 Å². The first-order valence-corrected chi connectivity index (χ1v) is 16.8. The van der Waals surface area contributed by atoms with Crippen LogP contribution in [-0.4, -0.2) is 48.0 Å². The molecule has 3 heteroatoms. The van der Waals surface area contributed by atoms with Gasteiger partial charge in [0.25, 0.3) is 0 Å². The Morgan fingerprint density at radius 1 is 0.306 bits per heavy atom. The van der Waals surface area contributed by atoms with Crippen molar-refractivity contribution in [2.45, 2.75) is 180 Å². The van der Waals surface area contributed by atoms with E-state index >= 15 is 0 Å². The lowest BCUT2D eigenvalue weighted by Gasteiger charge is -2.22. The molecular formula is C33H69NO2. The zero-order chi connectivity index (χ0) is 26.2. The molecule has 2 N–H and O–H groups in total. The molecule has 0 bridgehead atoms. The average molecular weight is 512 g/mol. The van der Waals surface area contributed by atoms with Crippen LogP contribution in [0.1, 0.15) is 180 Å². The van der Waals surface area contributed by atoms with Crippen molar-refractivity contribution in [3.8, 4) is 0 Å². The monoisotopic (exact) mass is 512 g/mol. The van der Waals surface area contributed by atoms with Crippen LogP contribution in [0.2, 0.25) is 0 Å². The third kappa shape index (κ3) is 30.1. The van der Waals surface area contributed by atoms with Crippen molar-refractivity contribution in [3.05, 3.63) is 0 Å². The summed E-state index contributed by atoms with van der Waals surface area (Å²) in [5.41, 5.74) is 0. The topological polar surface area (TPSA) is 43.7 Å². The molecule has 0 fully saturated rings. The van der Waals surface area contributed by atoms with Crippen molar-refractivity contribution in [3.63, 3.8) is 0 Å². The average Bonchev–Trinajstić information content (AvgIpc) is 2.89. The van der Waals surface area contributed by atoms with Crippen LogP contribution in [0.4, 0.5) is 0 Å². The molecule has 0 aromatic rings. The number of hydrogen-bond acceptors (Lipinski definition) is 3. The fourth-order valence-electron chi connectivity index (χ4n) is 5.35. The lowest BCUT2D eigenvalue weighted by atomic mass is 10.1. The molecule has 0 aliphatic rings. The van der Waals surface area contributed by atoms with Gasteiger partial charge in [0.15, 0.2) is 0 Å². The van der Waals surface area contributed by atoms with Crippen LogP contribution in [0.15, 0.2) is 0 Å². The summed E-state index contributed by atoms with van der Waals surface area (Å²) in [6, 6.07) is 0. The molecular weight excluding hydrogens is 442 g/mol. The quantitative estimate of drug-likeness (QED) is 0.0883. The van der Waals surface area contributed by atoms with Gasteiger partial charge < -0.3 is 15.1 Å². The summed E-state index contributed by atoms with van der Waals surface area (Å²) >= 11 is 0. The van der Waals surface area contributed by atoms with E-state index in [0.29, 0.717) is 13.2 Å². The summed E-state index contributed by atoms with van der Waals surface area (Å²) in [4.78, 5) is 2.80. The van der Waals surface area contributed by atoms with Crippen molar-refractivity contribution < 1.29 is 10.2 Å². The maximum absolute atomic E-state index is 8.83.